The van der Waals surface area contributed by atoms with Crippen molar-refractivity contribution >= 4 is 11.6 Å². The second-order valence-electron chi connectivity index (χ2n) is 8.19. The predicted octanol–water partition coefficient (Wildman–Crippen LogP) is 6.11. The molecule has 5 heteroatoms. The van der Waals surface area contributed by atoms with Gasteiger partial charge in [0.05, 0.1) is 6.61 Å². The first-order valence-corrected chi connectivity index (χ1v) is 11.6. The molecule has 1 aliphatic carbocycles. The van der Waals surface area contributed by atoms with Crippen LogP contribution in [0.25, 0.3) is 0 Å². The average Bonchev–Trinajstić information content (AvgIpc) is 2.88. The lowest BCUT2D eigenvalue weighted by Crippen LogP contribution is -2.22. The highest BCUT2D eigenvalue weighted by atomic mass is 16.5. The van der Waals surface area contributed by atoms with Gasteiger partial charge in [-0.2, -0.15) is 5.10 Å². The third kappa shape index (κ3) is 6.45. The molecule has 5 nitrogen and oxygen atoms in total. The molecule has 3 aromatic rings. The van der Waals surface area contributed by atoms with Crippen LogP contribution < -0.4 is 14.9 Å². The van der Waals surface area contributed by atoms with Crippen molar-refractivity contribution in [2.45, 2.75) is 45.1 Å². The molecule has 170 valence electrons. The van der Waals surface area contributed by atoms with Crippen LogP contribution in [0, 0.1) is 0 Å². The molecule has 1 saturated carbocycles. The van der Waals surface area contributed by atoms with Crippen molar-refractivity contribution in [3.8, 4) is 11.5 Å². The molecule has 0 aromatic heterocycles. The van der Waals surface area contributed by atoms with E-state index in [1.54, 1.807) is 12.1 Å². The summed E-state index contributed by atoms with van der Waals surface area (Å²) in [6.45, 7) is 3.03. The standard InChI is InChI=1S/C28H30N2O3/c1-2-32-26-16-18-27(19-17-26)33-20-21-8-10-24(11-9-21)28(31)30-29-25-14-12-23(13-15-25)22-6-4-3-5-7-22/h3-11,16-19,23H,2,12-15,20H2,1H3,(H,30,31). The summed E-state index contributed by atoms with van der Waals surface area (Å²) in [4.78, 5) is 12.5. The van der Waals surface area contributed by atoms with Gasteiger partial charge in [0.25, 0.3) is 5.91 Å². The highest BCUT2D eigenvalue weighted by molar-refractivity contribution is 5.95. The van der Waals surface area contributed by atoms with Gasteiger partial charge in [-0.3, -0.25) is 4.79 Å². The molecule has 1 N–H and O–H groups in total. The number of carbonyl (C=O) groups is 1. The van der Waals surface area contributed by atoms with Gasteiger partial charge in [0.1, 0.15) is 18.1 Å². The monoisotopic (exact) mass is 442 g/mol. The van der Waals surface area contributed by atoms with Gasteiger partial charge in [0.15, 0.2) is 0 Å². The SMILES string of the molecule is CCOc1ccc(OCc2ccc(C(=O)NN=C3CCC(c4ccccc4)CC3)cc2)cc1. The highest BCUT2D eigenvalue weighted by Gasteiger charge is 2.19. The fraction of sp³-hybridized carbons (Fsp3) is 0.286. The molecule has 0 spiro atoms. The summed E-state index contributed by atoms with van der Waals surface area (Å²) in [5.41, 5.74) is 6.76. The van der Waals surface area contributed by atoms with E-state index in [2.05, 4.69) is 40.9 Å². The zero-order chi connectivity index (χ0) is 22.9. The van der Waals surface area contributed by atoms with Gasteiger partial charge in [-0.1, -0.05) is 42.5 Å². The van der Waals surface area contributed by atoms with Gasteiger partial charge in [-0.25, -0.2) is 5.43 Å². The summed E-state index contributed by atoms with van der Waals surface area (Å²) in [7, 11) is 0. The lowest BCUT2D eigenvalue weighted by atomic mass is 9.83. The van der Waals surface area contributed by atoms with E-state index >= 15 is 0 Å². The van der Waals surface area contributed by atoms with Crippen molar-refractivity contribution in [2.75, 3.05) is 6.61 Å². The predicted molar refractivity (Wildman–Crippen MR) is 131 cm³/mol. The largest absolute Gasteiger partial charge is 0.494 e. The fourth-order valence-corrected chi connectivity index (χ4v) is 4.03. The van der Waals surface area contributed by atoms with Gasteiger partial charge >= 0.3 is 0 Å². The van der Waals surface area contributed by atoms with Crippen molar-refractivity contribution in [3.63, 3.8) is 0 Å². The van der Waals surface area contributed by atoms with E-state index < -0.39 is 0 Å². The third-order valence-electron chi connectivity index (χ3n) is 5.91. The number of amides is 1. The zero-order valence-corrected chi connectivity index (χ0v) is 19.0. The van der Waals surface area contributed by atoms with E-state index in [9.17, 15) is 4.79 Å². The van der Waals surface area contributed by atoms with Crippen molar-refractivity contribution in [2.24, 2.45) is 5.10 Å². The van der Waals surface area contributed by atoms with E-state index in [0.717, 1.165) is 48.5 Å². The molecule has 0 heterocycles. The lowest BCUT2D eigenvalue weighted by molar-refractivity contribution is 0.0954. The Morgan fingerprint density at radius 3 is 2.15 bits per heavy atom. The Balaban J connectivity index is 1.23. The maximum Gasteiger partial charge on any atom is 0.271 e. The van der Waals surface area contributed by atoms with Crippen LogP contribution in [0.2, 0.25) is 0 Å². The maximum atomic E-state index is 12.5. The summed E-state index contributed by atoms with van der Waals surface area (Å²) in [5, 5.41) is 4.39. The Morgan fingerprint density at radius 2 is 1.52 bits per heavy atom. The average molecular weight is 443 g/mol. The molecule has 1 fully saturated rings. The fourth-order valence-electron chi connectivity index (χ4n) is 4.03. The van der Waals surface area contributed by atoms with E-state index in [1.165, 1.54) is 5.56 Å². The summed E-state index contributed by atoms with van der Waals surface area (Å²) in [5.74, 6) is 2.00. The van der Waals surface area contributed by atoms with Crippen molar-refractivity contribution in [3.05, 3.63) is 95.6 Å². The Hall–Kier alpha value is -3.60. The number of nitrogens with one attached hydrogen (secondary N) is 1. The Bertz CT molecular complexity index is 1050. The Kier molecular flexibility index (Phi) is 7.75. The molecular formula is C28H30N2O3. The highest BCUT2D eigenvalue weighted by Crippen LogP contribution is 2.31. The van der Waals surface area contributed by atoms with Crippen LogP contribution in [-0.2, 0) is 6.61 Å². The molecule has 1 aliphatic rings. The van der Waals surface area contributed by atoms with E-state index in [1.807, 2.05) is 43.3 Å². The Labute approximate surface area is 195 Å². The van der Waals surface area contributed by atoms with Crippen LogP contribution in [0.4, 0.5) is 0 Å². The molecule has 0 unspecified atom stereocenters. The number of nitrogens with zero attached hydrogens (tertiary/aromatic N) is 1. The molecule has 3 aromatic carbocycles. The normalized spacial score (nSPS) is 15.5. The van der Waals surface area contributed by atoms with E-state index in [4.69, 9.17) is 9.47 Å². The number of rotatable bonds is 8. The van der Waals surface area contributed by atoms with Crippen molar-refractivity contribution in [1.29, 1.82) is 0 Å². The minimum absolute atomic E-state index is 0.188. The topological polar surface area (TPSA) is 59.9 Å². The van der Waals surface area contributed by atoms with Crippen molar-refractivity contribution in [1.82, 2.24) is 5.43 Å². The summed E-state index contributed by atoms with van der Waals surface area (Å²) in [6.07, 6.45) is 3.98. The lowest BCUT2D eigenvalue weighted by Gasteiger charge is -2.23. The quantitative estimate of drug-likeness (QED) is 0.428. The molecule has 33 heavy (non-hydrogen) atoms. The number of hydrazone groups is 1. The van der Waals surface area contributed by atoms with Gasteiger partial charge in [0.2, 0.25) is 0 Å². The van der Waals surface area contributed by atoms with Crippen LogP contribution in [0.15, 0.2) is 84.0 Å². The molecule has 0 saturated heterocycles. The van der Waals surface area contributed by atoms with E-state index in [0.29, 0.717) is 24.7 Å². The maximum absolute atomic E-state index is 12.5. The van der Waals surface area contributed by atoms with Crippen LogP contribution in [-0.4, -0.2) is 18.2 Å². The third-order valence-corrected chi connectivity index (χ3v) is 5.91. The second kappa shape index (κ2) is 11.3. The van der Waals surface area contributed by atoms with Crippen molar-refractivity contribution < 1.29 is 14.3 Å². The number of carbonyl (C=O) groups excluding carboxylic acids is 1. The molecule has 4 rings (SSSR count). The summed E-state index contributed by atoms with van der Waals surface area (Å²) in [6, 6.07) is 25.6. The first kappa shape index (κ1) is 22.6. The van der Waals surface area contributed by atoms with Gasteiger partial charge in [0, 0.05) is 11.3 Å². The summed E-state index contributed by atoms with van der Waals surface area (Å²) >= 11 is 0. The van der Waals surface area contributed by atoms with Gasteiger partial charge in [-0.05, 0) is 86.1 Å². The number of ether oxygens (including phenoxy) is 2. The molecule has 0 aliphatic heterocycles. The van der Waals surface area contributed by atoms with Gasteiger partial charge < -0.3 is 9.47 Å². The van der Waals surface area contributed by atoms with Gasteiger partial charge in [-0.15, -0.1) is 0 Å². The number of benzene rings is 3. The molecule has 0 atom stereocenters. The number of hydrogen-bond donors (Lipinski definition) is 1. The molecule has 0 bridgehead atoms. The smallest absolute Gasteiger partial charge is 0.271 e. The molecular weight excluding hydrogens is 412 g/mol. The van der Waals surface area contributed by atoms with Crippen LogP contribution in [0.5, 0.6) is 11.5 Å². The second-order valence-corrected chi connectivity index (χ2v) is 8.19. The van der Waals surface area contributed by atoms with Crippen LogP contribution >= 0.6 is 0 Å². The minimum atomic E-state index is -0.188. The zero-order valence-electron chi connectivity index (χ0n) is 19.0. The van der Waals surface area contributed by atoms with E-state index in [-0.39, 0.29) is 5.91 Å². The first-order chi connectivity index (χ1) is 16.2. The minimum Gasteiger partial charge on any atom is -0.494 e. The summed E-state index contributed by atoms with van der Waals surface area (Å²) < 4.78 is 11.3. The number of hydrogen-bond acceptors (Lipinski definition) is 4. The van der Waals surface area contributed by atoms with Crippen LogP contribution in [0.1, 0.15) is 60.0 Å². The van der Waals surface area contributed by atoms with Crippen LogP contribution in [0.3, 0.4) is 0 Å². The Morgan fingerprint density at radius 1 is 0.879 bits per heavy atom. The molecule has 0 radical (unpaired) electrons. The molecule has 1 amide bonds. The first-order valence-electron chi connectivity index (χ1n) is 11.6.